The molecule has 2 fully saturated rings. The molecule has 2 heterocycles. The minimum atomic E-state index is -0.935. The van der Waals surface area contributed by atoms with E-state index in [1.807, 2.05) is 5.06 Å². The number of piperidine rings is 1. The van der Waals surface area contributed by atoms with Crippen LogP contribution in [0.25, 0.3) is 0 Å². The Morgan fingerprint density at radius 1 is 1.39 bits per heavy atom. The van der Waals surface area contributed by atoms with Gasteiger partial charge in [0.05, 0.1) is 5.92 Å². The van der Waals surface area contributed by atoms with E-state index in [4.69, 9.17) is 14.3 Å². The molecule has 0 saturated carbocycles. The van der Waals surface area contributed by atoms with E-state index in [0.29, 0.717) is 0 Å². The Morgan fingerprint density at radius 2 is 2.17 bits per heavy atom. The number of carbonyl (C=O) groups is 1. The van der Waals surface area contributed by atoms with Crippen LogP contribution in [-0.4, -0.2) is 49.5 Å². The number of hydrogen-bond acceptors (Lipinski definition) is 5. The lowest BCUT2D eigenvalue weighted by Gasteiger charge is -2.37. The van der Waals surface area contributed by atoms with Crippen LogP contribution in [0.1, 0.15) is 19.3 Å². The zero-order valence-corrected chi connectivity index (χ0v) is 10.8. The molecule has 0 aromatic rings. The zero-order chi connectivity index (χ0) is 12.8. The third kappa shape index (κ3) is 1.58. The van der Waals surface area contributed by atoms with Gasteiger partial charge in [0.25, 0.3) is 0 Å². The standard InChI is InChI=1S/C13H19NO4/c1-16-13(17-2)7-6-10(15)11-9-5-3-4-8-14(9)18-12(11)13/h6-7,9,11-12H,3-5,8H2,1-2H3/t9-,11+,12+/m1/s1. The number of ketones is 1. The maximum absolute atomic E-state index is 12.1. The molecule has 100 valence electrons. The minimum absolute atomic E-state index is 0.124. The summed E-state index contributed by atoms with van der Waals surface area (Å²) in [4.78, 5) is 18.1. The summed E-state index contributed by atoms with van der Waals surface area (Å²) in [5.41, 5.74) is 0. The Bertz CT molecular complexity index is 377. The Balaban J connectivity index is 1.96. The van der Waals surface area contributed by atoms with E-state index in [-0.39, 0.29) is 23.8 Å². The Hall–Kier alpha value is -0.750. The van der Waals surface area contributed by atoms with Crippen LogP contribution in [-0.2, 0) is 19.1 Å². The fourth-order valence-electron chi connectivity index (χ4n) is 3.35. The molecule has 0 spiro atoms. The lowest BCUT2D eigenvalue weighted by atomic mass is 9.79. The molecule has 1 aliphatic carbocycles. The normalized spacial score (nSPS) is 38.6. The summed E-state index contributed by atoms with van der Waals surface area (Å²) in [6.45, 7) is 0.883. The number of hydrogen-bond donors (Lipinski definition) is 0. The number of hydroxylamine groups is 2. The first-order chi connectivity index (χ1) is 8.72. The third-order valence-corrected chi connectivity index (χ3v) is 4.33. The highest BCUT2D eigenvalue weighted by Gasteiger charge is 2.58. The molecule has 3 atom stereocenters. The van der Waals surface area contributed by atoms with Gasteiger partial charge in [-0.2, -0.15) is 5.06 Å². The van der Waals surface area contributed by atoms with Crippen molar-refractivity contribution in [1.82, 2.24) is 5.06 Å². The van der Waals surface area contributed by atoms with Gasteiger partial charge in [-0.1, -0.05) is 6.42 Å². The third-order valence-electron chi connectivity index (χ3n) is 4.33. The monoisotopic (exact) mass is 253 g/mol. The molecule has 2 aliphatic heterocycles. The molecular formula is C13H19NO4. The lowest BCUT2D eigenvalue weighted by molar-refractivity contribution is -0.281. The van der Waals surface area contributed by atoms with Gasteiger partial charge in [0.15, 0.2) is 5.78 Å². The van der Waals surface area contributed by atoms with Crippen molar-refractivity contribution >= 4 is 5.78 Å². The van der Waals surface area contributed by atoms with Gasteiger partial charge in [0.2, 0.25) is 5.79 Å². The predicted molar refractivity (Wildman–Crippen MR) is 63.6 cm³/mol. The highest BCUT2D eigenvalue weighted by atomic mass is 16.8. The minimum Gasteiger partial charge on any atom is -0.348 e. The summed E-state index contributed by atoms with van der Waals surface area (Å²) in [6.07, 6.45) is 6.16. The summed E-state index contributed by atoms with van der Waals surface area (Å²) in [6, 6.07) is 0.172. The van der Waals surface area contributed by atoms with E-state index in [0.717, 1.165) is 25.8 Å². The first-order valence-electron chi connectivity index (χ1n) is 6.48. The van der Waals surface area contributed by atoms with Gasteiger partial charge in [0, 0.05) is 26.8 Å². The average molecular weight is 253 g/mol. The molecule has 18 heavy (non-hydrogen) atoms. The van der Waals surface area contributed by atoms with E-state index in [9.17, 15) is 4.79 Å². The SMILES string of the molecule is COC1(OC)C=CC(=O)[C@@H]2[C@H]3CCCCN3O[C@@H]21. The fraction of sp³-hybridized carbons (Fsp3) is 0.769. The number of methoxy groups -OCH3 is 2. The molecule has 3 rings (SSSR count). The van der Waals surface area contributed by atoms with Crippen molar-refractivity contribution in [3.8, 4) is 0 Å². The van der Waals surface area contributed by atoms with Crippen LogP contribution < -0.4 is 0 Å². The smallest absolute Gasteiger partial charge is 0.217 e. The molecule has 3 aliphatic rings. The first-order valence-corrected chi connectivity index (χ1v) is 6.48. The molecule has 0 N–H and O–H groups in total. The Morgan fingerprint density at radius 3 is 2.89 bits per heavy atom. The van der Waals surface area contributed by atoms with E-state index >= 15 is 0 Å². The molecule has 2 saturated heterocycles. The van der Waals surface area contributed by atoms with Crippen LogP contribution in [0, 0.1) is 5.92 Å². The highest BCUT2D eigenvalue weighted by molar-refractivity contribution is 5.94. The van der Waals surface area contributed by atoms with Crippen LogP contribution in [0.4, 0.5) is 0 Å². The molecule has 0 amide bonds. The molecule has 0 unspecified atom stereocenters. The van der Waals surface area contributed by atoms with E-state index in [1.165, 1.54) is 0 Å². The number of ether oxygens (including phenoxy) is 2. The van der Waals surface area contributed by atoms with Crippen LogP contribution in [0.2, 0.25) is 0 Å². The second-order valence-electron chi connectivity index (χ2n) is 5.12. The van der Waals surface area contributed by atoms with Crippen LogP contribution in [0.5, 0.6) is 0 Å². The average Bonchev–Trinajstić information content (AvgIpc) is 2.81. The predicted octanol–water partition coefficient (Wildman–Crippen LogP) is 0.899. The van der Waals surface area contributed by atoms with Gasteiger partial charge in [0.1, 0.15) is 6.10 Å². The van der Waals surface area contributed by atoms with Crippen molar-refractivity contribution in [2.45, 2.75) is 37.2 Å². The van der Waals surface area contributed by atoms with Crippen molar-refractivity contribution in [3.63, 3.8) is 0 Å². The van der Waals surface area contributed by atoms with Gasteiger partial charge < -0.3 is 9.47 Å². The van der Waals surface area contributed by atoms with Crippen LogP contribution in [0.15, 0.2) is 12.2 Å². The zero-order valence-electron chi connectivity index (χ0n) is 10.8. The summed E-state index contributed by atoms with van der Waals surface area (Å²) in [5, 5.41) is 1.95. The summed E-state index contributed by atoms with van der Waals surface area (Å²) >= 11 is 0. The Kier molecular flexibility index (Phi) is 3.02. The molecule has 0 bridgehead atoms. The molecule has 5 nitrogen and oxygen atoms in total. The van der Waals surface area contributed by atoms with Gasteiger partial charge in [-0.3, -0.25) is 9.63 Å². The summed E-state index contributed by atoms with van der Waals surface area (Å²) in [7, 11) is 3.17. The molecule has 0 aromatic heterocycles. The van der Waals surface area contributed by atoms with Crippen LogP contribution >= 0.6 is 0 Å². The number of fused-ring (bicyclic) bond motifs is 3. The van der Waals surface area contributed by atoms with E-state index in [1.54, 1.807) is 26.4 Å². The number of rotatable bonds is 2. The van der Waals surface area contributed by atoms with Gasteiger partial charge in [-0.05, 0) is 25.0 Å². The van der Waals surface area contributed by atoms with Crippen molar-refractivity contribution in [2.75, 3.05) is 20.8 Å². The Labute approximate surface area is 107 Å². The van der Waals surface area contributed by atoms with Gasteiger partial charge >= 0.3 is 0 Å². The fourth-order valence-corrected chi connectivity index (χ4v) is 3.35. The van der Waals surface area contributed by atoms with Crippen molar-refractivity contribution in [2.24, 2.45) is 5.92 Å². The van der Waals surface area contributed by atoms with Crippen molar-refractivity contribution in [1.29, 1.82) is 0 Å². The van der Waals surface area contributed by atoms with Crippen molar-refractivity contribution in [3.05, 3.63) is 12.2 Å². The second-order valence-corrected chi connectivity index (χ2v) is 5.12. The van der Waals surface area contributed by atoms with Crippen molar-refractivity contribution < 1.29 is 19.1 Å². The van der Waals surface area contributed by atoms with Gasteiger partial charge in [-0.15, -0.1) is 0 Å². The highest BCUT2D eigenvalue weighted by Crippen LogP contribution is 2.43. The number of allylic oxidation sites excluding steroid dienone is 1. The molecule has 0 radical (unpaired) electrons. The summed E-state index contributed by atoms with van der Waals surface area (Å²) < 4.78 is 11.0. The lowest BCUT2D eigenvalue weighted by Crippen LogP contribution is -2.52. The quantitative estimate of drug-likeness (QED) is 0.684. The van der Waals surface area contributed by atoms with Crippen LogP contribution in [0.3, 0.4) is 0 Å². The summed E-state index contributed by atoms with van der Waals surface area (Å²) in [5.74, 6) is -0.982. The maximum atomic E-state index is 12.1. The van der Waals surface area contributed by atoms with E-state index in [2.05, 4.69) is 0 Å². The molecule has 0 aromatic carbocycles. The topological polar surface area (TPSA) is 48.0 Å². The second kappa shape index (κ2) is 4.42. The molecular weight excluding hydrogens is 234 g/mol. The number of carbonyl (C=O) groups excluding carboxylic acids is 1. The van der Waals surface area contributed by atoms with E-state index < -0.39 is 5.79 Å². The van der Waals surface area contributed by atoms with Gasteiger partial charge in [-0.25, -0.2) is 0 Å². The maximum Gasteiger partial charge on any atom is 0.217 e. The largest absolute Gasteiger partial charge is 0.348 e. The number of nitrogens with zero attached hydrogens (tertiary/aromatic N) is 1. The first kappa shape index (κ1) is 12.3. The molecule has 5 heteroatoms.